The van der Waals surface area contributed by atoms with Crippen LogP contribution in [-0.4, -0.2) is 70.2 Å². The van der Waals surface area contributed by atoms with E-state index in [0.29, 0.717) is 45.4 Å². The van der Waals surface area contributed by atoms with Gasteiger partial charge in [-0.1, -0.05) is 58.4 Å². The molecule has 1 atom stereocenters. The Labute approximate surface area is 254 Å². The average Bonchev–Trinajstić information content (AvgIpc) is 3.17. The maximum absolute atomic E-state index is 13.7. The Kier molecular flexibility index (Phi) is 9.32. The number of likely N-dealkylation sites (tertiary alicyclic amines) is 1. The highest BCUT2D eigenvalue weighted by Gasteiger charge is 2.57. The average molecular weight is 646 g/mol. The van der Waals surface area contributed by atoms with Crippen LogP contribution in [0.25, 0.3) is 0 Å². The minimum Gasteiger partial charge on any atom is -0.349 e. The molecule has 3 aliphatic rings. The first-order valence-corrected chi connectivity index (χ1v) is 15.7. The highest BCUT2D eigenvalue weighted by Crippen LogP contribution is 2.39. The molecule has 1 spiro atoms. The van der Waals surface area contributed by atoms with Crippen LogP contribution in [0.2, 0.25) is 0 Å². The third kappa shape index (κ3) is 6.54. The smallest absolute Gasteiger partial charge is 0.327 e. The molecular formula is C32H39BrF2N4O3. The second-order valence-electron chi connectivity index (χ2n) is 11.8. The lowest BCUT2D eigenvalue weighted by Gasteiger charge is -2.42. The lowest BCUT2D eigenvalue weighted by molar-refractivity contribution is -0.136. The van der Waals surface area contributed by atoms with E-state index in [4.69, 9.17) is 0 Å². The van der Waals surface area contributed by atoms with Crippen LogP contribution >= 0.6 is 15.9 Å². The van der Waals surface area contributed by atoms with Crippen molar-refractivity contribution in [3.8, 4) is 0 Å². The molecular weight excluding hydrogens is 606 g/mol. The van der Waals surface area contributed by atoms with E-state index in [-0.39, 0.29) is 56.1 Å². The third-order valence-corrected chi connectivity index (χ3v) is 9.74. The number of hydrogen-bond acceptors (Lipinski definition) is 4. The van der Waals surface area contributed by atoms with Crippen LogP contribution in [0.5, 0.6) is 0 Å². The van der Waals surface area contributed by atoms with Gasteiger partial charge < -0.3 is 15.1 Å². The minimum absolute atomic E-state index is 0.121. The van der Waals surface area contributed by atoms with Gasteiger partial charge in [-0.15, -0.1) is 0 Å². The summed E-state index contributed by atoms with van der Waals surface area (Å²) in [6.45, 7) is 4.67. The van der Waals surface area contributed by atoms with Gasteiger partial charge in [-0.05, 0) is 62.3 Å². The summed E-state index contributed by atoms with van der Waals surface area (Å²) >= 11 is 3.43. The second kappa shape index (κ2) is 12.8. The first-order chi connectivity index (χ1) is 20.1. The summed E-state index contributed by atoms with van der Waals surface area (Å²) < 4.78 is 28.2. The number of rotatable bonds is 9. The summed E-state index contributed by atoms with van der Waals surface area (Å²) in [6.07, 6.45) is 1.69. The third-order valence-electron chi connectivity index (χ3n) is 9.22. The number of halogens is 3. The Morgan fingerprint density at radius 1 is 1.00 bits per heavy atom. The van der Waals surface area contributed by atoms with Crippen molar-refractivity contribution < 1.29 is 23.2 Å². The fraction of sp³-hybridized carbons (Fsp3) is 0.531. The summed E-state index contributed by atoms with van der Waals surface area (Å²) in [5.41, 5.74) is 1.06. The van der Waals surface area contributed by atoms with E-state index in [0.717, 1.165) is 15.6 Å². The van der Waals surface area contributed by atoms with Crippen molar-refractivity contribution in [1.29, 1.82) is 0 Å². The molecule has 2 aromatic rings. The molecule has 0 unspecified atom stereocenters. The number of imide groups is 1. The Hall–Kier alpha value is -2.85. The van der Waals surface area contributed by atoms with Crippen molar-refractivity contribution in [2.75, 3.05) is 26.2 Å². The number of likely N-dealkylation sites (N-methyl/N-ethyl adjacent to an activating group) is 1. The second-order valence-corrected chi connectivity index (χ2v) is 12.7. The van der Waals surface area contributed by atoms with Crippen molar-refractivity contribution >= 4 is 33.8 Å². The quantitative estimate of drug-likeness (QED) is 0.333. The number of nitrogens with one attached hydrogen (secondary N) is 1. The van der Waals surface area contributed by atoms with E-state index in [1.165, 1.54) is 4.90 Å². The molecule has 10 heteroatoms. The zero-order chi connectivity index (χ0) is 29.9. The number of nitrogens with zero attached hydrogens (tertiary/aromatic N) is 3. The van der Waals surface area contributed by atoms with Gasteiger partial charge in [0.25, 0.3) is 5.91 Å². The van der Waals surface area contributed by atoms with Gasteiger partial charge in [0.2, 0.25) is 11.8 Å². The van der Waals surface area contributed by atoms with Gasteiger partial charge >= 0.3 is 6.03 Å². The van der Waals surface area contributed by atoms with Crippen molar-refractivity contribution in [3.05, 3.63) is 70.2 Å². The normalized spacial score (nSPS) is 21.6. The molecule has 3 fully saturated rings. The van der Waals surface area contributed by atoms with Crippen LogP contribution in [0.15, 0.2) is 59.1 Å². The highest BCUT2D eigenvalue weighted by atomic mass is 79.9. The molecule has 7 nitrogen and oxygen atoms in total. The molecule has 1 N–H and O–H groups in total. The number of benzene rings is 2. The molecule has 0 bridgehead atoms. The minimum atomic E-state index is -2.67. The number of urea groups is 1. The SMILES string of the molecule is CCN1C(=O)N(Cc2ccc(Br)cc2)C(=O)C12CCN(CC[C@H](NC(=O)C1CCC(F)(F)CC1)c1ccccc1)CC2. The van der Waals surface area contributed by atoms with Crippen LogP contribution in [0.3, 0.4) is 0 Å². The summed E-state index contributed by atoms with van der Waals surface area (Å²) in [7, 11) is 0. The summed E-state index contributed by atoms with van der Waals surface area (Å²) in [5, 5.41) is 3.15. The fourth-order valence-electron chi connectivity index (χ4n) is 6.67. The molecule has 2 heterocycles. The molecule has 2 aliphatic heterocycles. The van der Waals surface area contributed by atoms with Crippen molar-refractivity contribution in [2.45, 2.75) is 75.9 Å². The molecule has 0 radical (unpaired) electrons. The predicted octanol–water partition coefficient (Wildman–Crippen LogP) is 6.14. The first-order valence-electron chi connectivity index (χ1n) is 15.0. The van der Waals surface area contributed by atoms with Crippen LogP contribution in [0.1, 0.15) is 69.0 Å². The van der Waals surface area contributed by atoms with Crippen LogP contribution in [-0.2, 0) is 16.1 Å². The number of carbonyl (C=O) groups is 3. The van der Waals surface area contributed by atoms with Gasteiger partial charge in [-0.25, -0.2) is 13.6 Å². The lowest BCUT2D eigenvalue weighted by atomic mass is 9.85. The van der Waals surface area contributed by atoms with Gasteiger partial charge in [0, 0.05) is 49.4 Å². The molecule has 2 saturated heterocycles. The lowest BCUT2D eigenvalue weighted by Crippen LogP contribution is -2.56. The zero-order valence-electron chi connectivity index (χ0n) is 24.0. The van der Waals surface area contributed by atoms with Gasteiger partial charge in [-0.3, -0.25) is 14.5 Å². The molecule has 2 aromatic carbocycles. The van der Waals surface area contributed by atoms with Gasteiger partial charge in [-0.2, -0.15) is 0 Å². The van der Waals surface area contributed by atoms with E-state index in [1.54, 1.807) is 4.90 Å². The van der Waals surface area contributed by atoms with Crippen molar-refractivity contribution in [2.24, 2.45) is 5.92 Å². The molecule has 1 saturated carbocycles. The first kappa shape index (κ1) is 30.6. The summed E-state index contributed by atoms with van der Waals surface area (Å²) in [4.78, 5) is 45.6. The number of piperidine rings is 1. The summed E-state index contributed by atoms with van der Waals surface area (Å²) in [6, 6.07) is 16.9. The predicted molar refractivity (Wildman–Crippen MR) is 160 cm³/mol. The van der Waals surface area contributed by atoms with Gasteiger partial charge in [0.15, 0.2) is 0 Å². The highest BCUT2D eigenvalue weighted by molar-refractivity contribution is 9.10. The van der Waals surface area contributed by atoms with Crippen LogP contribution < -0.4 is 5.32 Å². The Balaban J connectivity index is 1.20. The maximum atomic E-state index is 13.7. The zero-order valence-corrected chi connectivity index (χ0v) is 25.6. The van der Waals surface area contributed by atoms with Crippen molar-refractivity contribution in [1.82, 2.24) is 20.0 Å². The largest absolute Gasteiger partial charge is 0.349 e. The Morgan fingerprint density at radius 2 is 1.64 bits per heavy atom. The Bertz CT molecular complexity index is 1260. The molecule has 226 valence electrons. The van der Waals surface area contributed by atoms with Crippen LogP contribution in [0.4, 0.5) is 13.6 Å². The van der Waals surface area contributed by atoms with E-state index >= 15 is 0 Å². The standard InChI is InChI=1S/C32H39BrF2N4O3/c1-2-39-30(42)38(22-23-8-10-26(33)11-9-23)29(41)31(39)17-20-37(21-18-31)19-14-27(24-6-4-3-5-7-24)36-28(40)25-12-15-32(34,35)16-13-25/h3-11,25,27H,2,12-22H2,1H3,(H,36,40)/t27-/m0/s1. The van der Waals surface area contributed by atoms with E-state index in [1.807, 2.05) is 61.5 Å². The number of carbonyl (C=O) groups excluding carboxylic acids is 3. The van der Waals surface area contributed by atoms with E-state index in [9.17, 15) is 23.2 Å². The monoisotopic (exact) mass is 644 g/mol. The number of hydrogen-bond donors (Lipinski definition) is 1. The molecule has 5 rings (SSSR count). The maximum Gasteiger partial charge on any atom is 0.327 e. The van der Waals surface area contributed by atoms with Crippen LogP contribution in [0, 0.1) is 5.92 Å². The number of amides is 4. The van der Waals surface area contributed by atoms with Crippen molar-refractivity contribution in [3.63, 3.8) is 0 Å². The van der Waals surface area contributed by atoms with Gasteiger partial charge in [0.1, 0.15) is 5.54 Å². The molecule has 0 aromatic heterocycles. The van der Waals surface area contributed by atoms with E-state index < -0.39 is 17.4 Å². The molecule has 42 heavy (non-hydrogen) atoms. The summed E-state index contributed by atoms with van der Waals surface area (Å²) in [5.74, 6) is -3.34. The fourth-order valence-corrected chi connectivity index (χ4v) is 6.94. The molecule has 1 aliphatic carbocycles. The van der Waals surface area contributed by atoms with E-state index in [2.05, 4.69) is 26.1 Å². The van der Waals surface area contributed by atoms with Gasteiger partial charge in [0.05, 0.1) is 12.6 Å². The number of alkyl halides is 2. The molecule has 4 amide bonds. The Morgan fingerprint density at radius 3 is 2.26 bits per heavy atom. The topological polar surface area (TPSA) is 73.0 Å².